The third-order valence-electron chi connectivity index (χ3n) is 1.12. The summed E-state index contributed by atoms with van der Waals surface area (Å²) in [6, 6.07) is 1.96. The van der Waals surface area contributed by atoms with Crippen molar-refractivity contribution in [3.63, 3.8) is 0 Å². The number of nitriles is 1. The second-order valence-electron chi connectivity index (χ2n) is 2.08. The molecule has 0 radical (unpaired) electrons. The molecule has 11 heavy (non-hydrogen) atoms. The molecule has 0 unspecified atom stereocenters. The summed E-state index contributed by atoms with van der Waals surface area (Å²) >= 11 is 0. The normalized spacial score (nSPS) is 9.09. The molecule has 0 aliphatic heterocycles. The van der Waals surface area contributed by atoms with Gasteiger partial charge in [-0.15, -0.1) is 9.94 Å². The first-order valence-electron chi connectivity index (χ1n) is 3.45. The van der Waals surface area contributed by atoms with Gasteiger partial charge in [0.25, 0.3) is 0 Å². The standard InChI is InChI=1S/C7H9N3O/c1-2-3-11-10-6-7(4-8)5-9-10/h5-6H,2-3H2,1H3. The van der Waals surface area contributed by atoms with Gasteiger partial charge < -0.3 is 4.84 Å². The van der Waals surface area contributed by atoms with Crippen LogP contribution < -0.4 is 4.84 Å². The number of aromatic nitrogens is 2. The molecular formula is C7H9N3O. The van der Waals surface area contributed by atoms with Gasteiger partial charge in [-0.25, -0.2) is 0 Å². The zero-order chi connectivity index (χ0) is 8.10. The van der Waals surface area contributed by atoms with Crippen LogP contribution in [0, 0.1) is 11.3 Å². The van der Waals surface area contributed by atoms with Gasteiger partial charge in [-0.05, 0) is 6.42 Å². The van der Waals surface area contributed by atoms with E-state index in [1.165, 1.54) is 11.0 Å². The highest BCUT2D eigenvalue weighted by atomic mass is 16.7. The highest BCUT2D eigenvalue weighted by molar-refractivity contribution is 5.21. The van der Waals surface area contributed by atoms with E-state index < -0.39 is 0 Å². The molecule has 0 saturated heterocycles. The second kappa shape index (κ2) is 3.62. The van der Waals surface area contributed by atoms with Gasteiger partial charge in [0.05, 0.1) is 18.0 Å². The van der Waals surface area contributed by atoms with Gasteiger partial charge in [-0.3, -0.25) is 0 Å². The quantitative estimate of drug-likeness (QED) is 0.635. The number of rotatable bonds is 3. The molecule has 0 N–H and O–H groups in total. The van der Waals surface area contributed by atoms with Crippen molar-refractivity contribution in [1.29, 1.82) is 5.26 Å². The molecule has 0 spiro atoms. The molecule has 0 aromatic carbocycles. The largest absolute Gasteiger partial charge is 0.397 e. The van der Waals surface area contributed by atoms with Crippen LogP contribution in [0.3, 0.4) is 0 Å². The van der Waals surface area contributed by atoms with Gasteiger partial charge in [0.1, 0.15) is 12.7 Å². The maximum atomic E-state index is 8.42. The Hall–Kier alpha value is -1.50. The van der Waals surface area contributed by atoms with Crippen molar-refractivity contribution in [2.45, 2.75) is 13.3 Å². The first kappa shape index (κ1) is 7.61. The Morgan fingerprint density at radius 2 is 2.64 bits per heavy atom. The summed E-state index contributed by atoms with van der Waals surface area (Å²) in [5.74, 6) is 0. The average molecular weight is 151 g/mol. The maximum absolute atomic E-state index is 8.42. The van der Waals surface area contributed by atoms with Gasteiger partial charge in [0.15, 0.2) is 0 Å². The van der Waals surface area contributed by atoms with Crippen LogP contribution in [-0.4, -0.2) is 16.6 Å². The first-order valence-corrected chi connectivity index (χ1v) is 3.45. The Kier molecular flexibility index (Phi) is 2.50. The lowest BCUT2D eigenvalue weighted by Crippen LogP contribution is -2.12. The van der Waals surface area contributed by atoms with Crippen LogP contribution in [0.5, 0.6) is 0 Å². The fourth-order valence-electron chi connectivity index (χ4n) is 0.618. The maximum Gasteiger partial charge on any atom is 0.116 e. The molecule has 0 atom stereocenters. The summed E-state index contributed by atoms with van der Waals surface area (Å²) in [5, 5.41) is 12.2. The lowest BCUT2D eigenvalue weighted by molar-refractivity contribution is 0.0828. The van der Waals surface area contributed by atoms with E-state index in [0.717, 1.165) is 6.42 Å². The van der Waals surface area contributed by atoms with E-state index in [-0.39, 0.29) is 0 Å². The predicted octanol–water partition coefficient (Wildman–Crippen LogP) is 0.593. The van der Waals surface area contributed by atoms with Crippen LogP contribution in [0.15, 0.2) is 12.4 Å². The average Bonchev–Trinajstić information content (AvgIpc) is 2.48. The SMILES string of the molecule is CCCOn1cc(C#N)cn1. The molecule has 0 aliphatic carbocycles. The molecule has 0 saturated carbocycles. The highest BCUT2D eigenvalue weighted by Gasteiger charge is 1.94. The van der Waals surface area contributed by atoms with Gasteiger partial charge in [-0.1, -0.05) is 6.92 Å². The minimum Gasteiger partial charge on any atom is -0.397 e. The molecule has 1 heterocycles. The fraction of sp³-hybridized carbons (Fsp3) is 0.429. The summed E-state index contributed by atoms with van der Waals surface area (Å²) in [4.78, 5) is 6.40. The molecule has 0 amide bonds. The third-order valence-corrected chi connectivity index (χ3v) is 1.12. The molecule has 1 rings (SSSR count). The minimum absolute atomic E-state index is 0.515. The number of hydrogen-bond acceptors (Lipinski definition) is 3. The van der Waals surface area contributed by atoms with Gasteiger partial charge in [-0.2, -0.15) is 5.26 Å². The van der Waals surface area contributed by atoms with Gasteiger partial charge in [0.2, 0.25) is 0 Å². The monoisotopic (exact) mass is 151 g/mol. The lowest BCUT2D eigenvalue weighted by Gasteiger charge is -2.00. The van der Waals surface area contributed by atoms with Crippen molar-refractivity contribution in [3.8, 4) is 6.07 Å². The zero-order valence-corrected chi connectivity index (χ0v) is 6.32. The van der Waals surface area contributed by atoms with E-state index >= 15 is 0 Å². The van der Waals surface area contributed by atoms with Crippen molar-refractivity contribution < 1.29 is 4.84 Å². The number of nitrogens with zero attached hydrogens (tertiary/aromatic N) is 3. The van der Waals surface area contributed by atoms with Crippen molar-refractivity contribution in [2.24, 2.45) is 0 Å². The van der Waals surface area contributed by atoms with E-state index in [4.69, 9.17) is 10.1 Å². The third kappa shape index (κ3) is 1.97. The van der Waals surface area contributed by atoms with Crippen LogP contribution in [0.25, 0.3) is 0 Å². The Morgan fingerprint density at radius 3 is 3.18 bits per heavy atom. The fourth-order valence-corrected chi connectivity index (χ4v) is 0.618. The second-order valence-corrected chi connectivity index (χ2v) is 2.08. The van der Waals surface area contributed by atoms with Crippen LogP contribution in [0.2, 0.25) is 0 Å². The van der Waals surface area contributed by atoms with Crippen molar-refractivity contribution in [3.05, 3.63) is 18.0 Å². The molecule has 0 aliphatic rings. The molecule has 1 aromatic heterocycles. The Morgan fingerprint density at radius 1 is 1.82 bits per heavy atom. The topological polar surface area (TPSA) is 50.8 Å². The summed E-state index contributed by atoms with van der Waals surface area (Å²) in [6.07, 6.45) is 3.95. The summed E-state index contributed by atoms with van der Waals surface area (Å²) in [5.41, 5.74) is 0.515. The Labute approximate surface area is 65.0 Å². The van der Waals surface area contributed by atoms with Crippen LogP contribution in [0.1, 0.15) is 18.9 Å². The van der Waals surface area contributed by atoms with E-state index in [1.807, 2.05) is 13.0 Å². The zero-order valence-electron chi connectivity index (χ0n) is 6.32. The van der Waals surface area contributed by atoms with E-state index in [0.29, 0.717) is 12.2 Å². The molecule has 4 nitrogen and oxygen atoms in total. The van der Waals surface area contributed by atoms with Gasteiger partial charge in [0, 0.05) is 0 Å². The summed E-state index contributed by atoms with van der Waals surface area (Å²) < 4.78 is 0. The van der Waals surface area contributed by atoms with Crippen LogP contribution >= 0.6 is 0 Å². The van der Waals surface area contributed by atoms with E-state index in [1.54, 1.807) is 6.20 Å². The predicted molar refractivity (Wildman–Crippen MR) is 38.7 cm³/mol. The van der Waals surface area contributed by atoms with Crippen LogP contribution in [-0.2, 0) is 0 Å². The minimum atomic E-state index is 0.515. The highest BCUT2D eigenvalue weighted by Crippen LogP contribution is 1.91. The summed E-state index contributed by atoms with van der Waals surface area (Å²) in [6.45, 7) is 2.63. The summed E-state index contributed by atoms with van der Waals surface area (Å²) in [7, 11) is 0. The first-order chi connectivity index (χ1) is 5.36. The van der Waals surface area contributed by atoms with Crippen molar-refractivity contribution in [2.75, 3.05) is 6.61 Å². The van der Waals surface area contributed by atoms with E-state index in [9.17, 15) is 0 Å². The molecule has 0 fully saturated rings. The lowest BCUT2D eigenvalue weighted by atomic mass is 10.4. The molecule has 58 valence electrons. The Bertz CT molecular complexity index is 261. The molecular weight excluding hydrogens is 142 g/mol. The van der Waals surface area contributed by atoms with E-state index in [2.05, 4.69) is 5.10 Å². The van der Waals surface area contributed by atoms with Crippen molar-refractivity contribution in [1.82, 2.24) is 9.94 Å². The smallest absolute Gasteiger partial charge is 0.116 e. The molecule has 1 aromatic rings. The van der Waals surface area contributed by atoms with Crippen LogP contribution in [0.4, 0.5) is 0 Å². The molecule has 0 bridgehead atoms. The molecule has 4 heteroatoms. The van der Waals surface area contributed by atoms with Gasteiger partial charge >= 0.3 is 0 Å². The Balaban J connectivity index is 2.53. The van der Waals surface area contributed by atoms with Crippen molar-refractivity contribution >= 4 is 0 Å². The number of hydrogen-bond donors (Lipinski definition) is 0.